The molecule has 13 heavy (non-hydrogen) atoms. The first-order valence-corrected chi connectivity index (χ1v) is 4.77. The number of nitrogens with two attached hydrogens (primary N) is 1. The van der Waals surface area contributed by atoms with E-state index in [1.807, 2.05) is 0 Å². The third-order valence-electron chi connectivity index (χ3n) is 1.73. The van der Waals surface area contributed by atoms with Crippen LogP contribution in [0.2, 0.25) is 0 Å². The summed E-state index contributed by atoms with van der Waals surface area (Å²) >= 11 is 0. The Balaban J connectivity index is 3.02. The van der Waals surface area contributed by atoms with E-state index in [0.29, 0.717) is 0 Å². The van der Waals surface area contributed by atoms with Crippen molar-refractivity contribution in [2.75, 3.05) is 26.8 Å². The van der Waals surface area contributed by atoms with E-state index in [1.54, 1.807) is 0 Å². The van der Waals surface area contributed by atoms with Gasteiger partial charge < -0.3 is 15.8 Å². The normalized spacial score (nSPS) is 10.0. The van der Waals surface area contributed by atoms with Crippen LogP contribution in [0.15, 0.2) is 0 Å². The molecule has 0 aliphatic rings. The second kappa shape index (κ2) is 9.48. The largest absolute Gasteiger partial charge is 0.375 e. The van der Waals surface area contributed by atoms with Gasteiger partial charge in [-0.1, -0.05) is 12.8 Å². The zero-order valence-electron chi connectivity index (χ0n) is 8.34. The fraction of sp³-hybridized carbons (Fsp3) is 0.889. The van der Waals surface area contributed by atoms with Gasteiger partial charge in [0.15, 0.2) is 0 Å². The van der Waals surface area contributed by atoms with Crippen molar-refractivity contribution in [3.8, 4) is 0 Å². The van der Waals surface area contributed by atoms with Crippen LogP contribution < -0.4 is 11.1 Å². The average Bonchev–Trinajstić information content (AvgIpc) is 2.11. The van der Waals surface area contributed by atoms with Crippen molar-refractivity contribution in [2.24, 2.45) is 5.73 Å². The maximum Gasteiger partial charge on any atom is 0.245 e. The summed E-state index contributed by atoms with van der Waals surface area (Å²) in [5.41, 5.74) is 5.34. The van der Waals surface area contributed by atoms with E-state index in [-0.39, 0.29) is 12.5 Å². The van der Waals surface area contributed by atoms with Crippen molar-refractivity contribution in [3.05, 3.63) is 0 Å². The van der Waals surface area contributed by atoms with Gasteiger partial charge in [0.1, 0.15) is 6.61 Å². The summed E-state index contributed by atoms with van der Waals surface area (Å²) in [5, 5.41) is 2.77. The number of methoxy groups -OCH3 is 1. The fourth-order valence-corrected chi connectivity index (χ4v) is 1.03. The zero-order valence-corrected chi connectivity index (χ0v) is 8.34. The highest BCUT2D eigenvalue weighted by atomic mass is 16.5. The minimum absolute atomic E-state index is 0.0404. The van der Waals surface area contributed by atoms with E-state index in [2.05, 4.69) is 10.1 Å². The van der Waals surface area contributed by atoms with Crippen molar-refractivity contribution in [2.45, 2.75) is 25.7 Å². The number of carbonyl (C=O) groups excluding carboxylic acids is 1. The average molecular weight is 188 g/mol. The highest BCUT2D eigenvalue weighted by Gasteiger charge is 1.97. The molecule has 0 aromatic carbocycles. The molecule has 0 bridgehead atoms. The van der Waals surface area contributed by atoms with Gasteiger partial charge in [-0.15, -0.1) is 0 Å². The number of hydrogen-bond donors (Lipinski definition) is 2. The number of ether oxygens (including phenoxy) is 1. The van der Waals surface area contributed by atoms with Gasteiger partial charge in [-0.25, -0.2) is 0 Å². The summed E-state index contributed by atoms with van der Waals surface area (Å²) in [5.74, 6) is -0.0404. The molecule has 0 aromatic rings. The molecule has 0 rings (SSSR count). The molecule has 0 heterocycles. The summed E-state index contributed by atoms with van der Waals surface area (Å²) in [6.07, 6.45) is 4.38. The van der Waals surface area contributed by atoms with Crippen molar-refractivity contribution in [1.82, 2.24) is 5.32 Å². The molecule has 4 heteroatoms. The Hall–Kier alpha value is -0.610. The lowest BCUT2D eigenvalue weighted by atomic mass is 10.2. The van der Waals surface area contributed by atoms with Crippen LogP contribution in [0.4, 0.5) is 0 Å². The van der Waals surface area contributed by atoms with Gasteiger partial charge >= 0.3 is 0 Å². The van der Waals surface area contributed by atoms with Crippen molar-refractivity contribution < 1.29 is 9.53 Å². The Kier molecular flexibility index (Phi) is 9.03. The third kappa shape index (κ3) is 9.30. The van der Waals surface area contributed by atoms with Gasteiger partial charge in [0.2, 0.25) is 5.91 Å². The summed E-state index contributed by atoms with van der Waals surface area (Å²) in [4.78, 5) is 10.9. The van der Waals surface area contributed by atoms with Gasteiger partial charge in [0.25, 0.3) is 0 Å². The standard InChI is InChI=1S/C9H20N2O2/c1-13-8-9(12)11-7-5-3-2-4-6-10/h2-8,10H2,1H3,(H,11,12). The van der Waals surface area contributed by atoms with E-state index in [4.69, 9.17) is 5.73 Å². The van der Waals surface area contributed by atoms with E-state index in [1.165, 1.54) is 7.11 Å². The third-order valence-corrected chi connectivity index (χ3v) is 1.73. The molecule has 0 saturated carbocycles. The van der Waals surface area contributed by atoms with Gasteiger partial charge in [-0.2, -0.15) is 0 Å². The molecule has 0 atom stereocenters. The van der Waals surface area contributed by atoms with Crippen LogP contribution in [0, 0.1) is 0 Å². The van der Waals surface area contributed by atoms with Gasteiger partial charge in [0.05, 0.1) is 0 Å². The molecule has 3 N–H and O–H groups in total. The Labute approximate surface area is 79.8 Å². The molecule has 0 fully saturated rings. The molecule has 0 aromatic heterocycles. The lowest BCUT2D eigenvalue weighted by Gasteiger charge is -2.03. The molecular weight excluding hydrogens is 168 g/mol. The van der Waals surface area contributed by atoms with Crippen LogP contribution in [0.5, 0.6) is 0 Å². The first kappa shape index (κ1) is 12.4. The lowest BCUT2D eigenvalue weighted by Crippen LogP contribution is -2.27. The molecule has 1 amide bonds. The van der Waals surface area contributed by atoms with E-state index in [0.717, 1.165) is 38.8 Å². The highest BCUT2D eigenvalue weighted by Crippen LogP contribution is 1.96. The van der Waals surface area contributed by atoms with Crippen LogP contribution >= 0.6 is 0 Å². The smallest absolute Gasteiger partial charge is 0.245 e. The Morgan fingerprint density at radius 3 is 2.62 bits per heavy atom. The molecule has 0 spiro atoms. The number of unbranched alkanes of at least 4 members (excludes halogenated alkanes) is 3. The monoisotopic (exact) mass is 188 g/mol. The maximum absolute atomic E-state index is 10.9. The molecule has 4 nitrogen and oxygen atoms in total. The maximum atomic E-state index is 10.9. The van der Waals surface area contributed by atoms with Crippen LogP contribution in [0.1, 0.15) is 25.7 Å². The van der Waals surface area contributed by atoms with Crippen LogP contribution in [0.3, 0.4) is 0 Å². The van der Waals surface area contributed by atoms with E-state index < -0.39 is 0 Å². The second-order valence-electron chi connectivity index (χ2n) is 2.99. The predicted octanol–water partition coefficient (Wildman–Crippen LogP) is 0.268. The number of nitrogens with one attached hydrogen (secondary N) is 1. The van der Waals surface area contributed by atoms with Gasteiger partial charge in [-0.05, 0) is 19.4 Å². The minimum atomic E-state index is -0.0404. The van der Waals surface area contributed by atoms with Crippen LogP contribution in [-0.2, 0) is 9.53 Å². The minimum Gasteiger partial charge on any atom is -0.375 e. The molecule has 0 aliphatic heterocycles. The van der Waals surface area contributed by atoms with Crippen LogP contribution in [-0.4, -0.2) is 32.7 Å². The number of carbonyl (C=O) groups is 1. The summed E-state index contributed by atoms with van der Waals surface area (Å²) in [6, 6.07) is 0. The second-order valence-corrected chi connectivity index (χ2v) is 2.99. The number of rotatable bonds is 8. The molecule has 0 unspecified atom stereocenters. The van der Waals surface area contributed by atoms with E-state index in [9.17, 15) is 4.79 Å². The quantitative estimate of drug-likeness (QED) is 0.537. The number of hydrogen-bond acceptors (Lipinski definition) is 3. The lowest BCUT2D eigenvalue weighted by molar-refractivity contribution is -0.124. The zero-order chi connectivity index (χ0) is 9.94. The summed E-state index contributed by atoms with van der Waals surface area (Å²) < 4.78 is 4.67. The highest BCUT2D eigenvalue weighted by molar-refractivity contribution is 5.77. The first-order valence-electron chi connectivity index (χ1n) is 4.77. The fourth-order valence-electron chi connectivity index (χ4n) is 1.03. The van der Waals surface area contributed by atoms with Crippen molar-refractivity contribution >= 4 is 5.91 Å². The van der Waals surface area contributed by atoms with Crippen LogP contribution in [0.25, 0.3) is 0 Å². The molecule has 78 valence electrons. The Bertz CT molecular complexity index is 129. The first-order chi connectivity index (χ1) is 6.31. The predicted molar refractivity (Wildman–Crippen MR) is 52.4 cm³/mol. The van der Waals surface area contributed by atoms with Gasteiger partial charge in [-0.3, -0.25) is 4.79 Å². The Morgan fingerprint density at radius 2 is 2.00 bits per heavy atom. The molecule has 0 radical (unpaired) electrons. The van der Waals surface area contributed by atoms with Crippen molar-refractivity contribution in [3.63, 3.8) is 0 Å². The topological polar surface area (TPSA) is 64.3 Å². The summed E-state index contributed by atoms with van der Waals surface area (Å²) in [7, 11) is 1.51. The SMILES string of the molecule is COCC(=O)NCCCCCCN. The molecule has 0 aliphatic carbocycles. The van der Waals surface area contributed by atoms with Gasteiger partial charge in [0, 0.05) is 13.7 Å². The number of amides is 1. The summed E-state index contributed by atoms with van der Waals surface area (Å²) in [6.45, 7) is 1.66. The van der Waals surface area contributed by atoms with E-state index >= 15 is 0 Å². The molecular formula is C9H20N2O2. The Morgan fingerprint density at radius 1 is 1.31 bits per heavy atom. The van der Waals surface area contributed by atoms with Crippen molar-refractivity contribution in [1.29, 1.82) is 0 Å². The molecule has 0 saturated heterocycles.